The van der Waals surface area contributed by atoms with Crippen LogP contribution < -0.4 is 51.4 Å². The van der Waals surface area contributed by atoms with Crippen molar-refractivity contribution in [3.05, 3.63) is 35.9 Å². The molecule has 0 fully saturated rings. The summed E-state index contributed by atoms with van der Waals surface area (Å²) >= 11 is 0. The first-order valence-corrected chi connectivity index (χ1v) is 4.41. The summed E-state index contributed by atoms with van der Waals surface area (Å²) in [4.78, 5) is 10.0. The molecule has 0 amide bonds. The normalized spacial score (nSPS) is 8.92. The summed E-state index contributed by atoms with van der Waals surface area (Å²) in [5, 5.41) is 0. The van der Waals surface area contributed by atoms with Crippen LogP contribution in [-0.4, -0.2) is 6.29 Å². The van der Waals surface area contributed by atoms with Gasteiger partial charge in [-0.15, -0.1) is 0 Å². The summed E-state index contributed by atoms with van der Waals surface area (Å²) in [6, 6.07) is 10.4. The number of hydrogen-bond donors (Lipinski definition) is 0. The Morgan fingerprint density at radius 2 is 1.85 bits per heavy atom. The minimum atomic E-state index is 0. The molecule has 1 aromatic rings. The molecule has 2 heteroatoms. The third kappa shape index (κ3) is 6.58. The zero-order chi connectivity index (χ0) is 8.65. The third-order valence-electron chi connectivity index (χ3n) is 1.88. The third-order valence-corrected chi connectivity index (χ3v) is 1.88. The van der Waals surface area contributed by atoms with Gasteiger partial charge in [0.2, 0.25) is 0 Å². The summed E-state index contributed by atoms with van der Waals surface area (Å²) in [6.07, 6.45) is 4.91. The van der Waals surface area contributed by atoms with Crippen LogP contribution in [-0.2, 0) is 11.2 Å². The van der Waals surface area contributed by atoms with Crippen LogP contribution in [0.3, 0.4) is 0 Å². The van der Waals surface area contributed by atoms with Gasteiger partial charge >= 0.3 is 51.4 Å². The Hall–Kier alpha value is 0.526. The minimum absolute atomic E-state index is 0. The maximum Gasteiger partial charge on any atom is 1.00 e. The number of carbonyl (C=O) groups is 1. The van der Waals surface area contributed by atoms with E-state index in [0.717, 1.165) is 25.5 Å². The van der Waals surface area contributed by atoms with E-state index in [-0.39, 0.29) is 52.8 Å². The molecular weight excluding hydrogens is 187 g/mol. The Morgan fingerprint density at radius 1 is 1.15 bits per heavy atom. The van der Waals surface area contributed by atoms with Gasteiger partial charge in [0.05, 0.1) is 0 Å². The molecule has 0 heterocycles. The molecule has 66 valence electrons. The van der Waals surface area contributed by atoms with Crippen molar-refractivity contribution in [3.8, 4) is 0 Å². The van der Waals surface area contributed by atoms with E-state index in [1.54, 1.807) is 0 Å². The Balaban J connectivity index is 0. The van der Waals surface area contributed by atoms with Gasteiger partial charge in [-0.1, -0.05) is 30.3 Å². The SMILES string of the molecule is O=CCCCCc1ccccc1.[H-].[K+]. The average molecular weight is 202 g/mol. The molecule has 0 saturated heterocycles. The van der Waals surface area contributed by atoms with Gasteiger partial charge in [0.1, 0.15) is 6.29 Å². The monoisotopic (exact) mass is 202 g/mol. The smallest absolute Gasteiger partial charge is 1.00 e. The molecular formula is C11H15KO. The van der Waals surface area contributed by atoms with Gasteiger partial charge in [0.15, 0.2) is 0 Å². The standard InChI is InChI=1S/C11H14O.K.H/c12-10-6-2-5-9-11-7-3-1-4-8-11;;/h1,3-4,7-8,10H,2,5-6,9H2;;/q;+1;-1. The molecule has 13 heavy (non-hydrogen) atoms. The van der Waals surface area contributed by atoms with Crippen molar-refractivity contribution in [2.45, 2.75) is 25.7 Å². The van der Waals surface area contributed by atoms with Crippen molar-refractivity contribution in [3.63, 3.8) is 0 Å². The van der Waals surface area contributed by atoms with Crippen LogP contribution in [0.1, 0.15) is 26.3 Å². The number of unbranched alkanes of at least 4 members (excludes halogenated alkanes) is 2. The fourth-order valence-electron chi connectivity index (χ4n) is 1.20. The first-order valence-electron chi connectivity index (χ1n) is 4.41. The van der Waals surface area contributed by atoms with E-state index in [2.05, 4.69) is 24.3 Å². The summed E-state index contributed by atoms with van der Waals surface area (Å²) in [5.74, 6) is 0. The maximum atomic E-state index is 10.0. The molecule has 0 atom stereocenters. The van der Waals surface area contributed by atoms with Crippen molar-refractivity contribution < 1.29 is 57.6 Å². The minimum Gasteiger partial charge on any atom is -1.00 e. The number of aldehydes is 1. The molecule has 0 aromatic heterocycles. The molecule has 0 N–H and O–H groups in total. The number of carbonyl (C=O) groups excluding carboxylic acids is 1. The molecule has 0 spiro atoms. The molecule has 0 aliphatic heterocycles. The average Bonchev–Trinajstić information content (AvgIpc) is 2.14. The van der Waals surface area contributed by atoms with Crippen LogP contribution in [0.5, 0.6) is 0 Å². The van der Waals surface area contributed by atoms with Crippen LogP contribution in [0.4, 0.5) is 0 Å². The molecule has 0 bridgehead atoms. The topological polar surface area (TPSA) is 17.1 Å². The van der Waals surface area contributed by atoms with Crippen molar-refractivity contribution in [1.82, 2.24) is 0 Å². The number of benzene rings is 1. The Kier molecular flexibility index (Phi) is 9.46. The van der Waals surface area contributed by atoms with Crippen LogP contribution >= 0.6 is 0 Å². The van der Waals surface area contributed by atoms with E-state index in [1.165, 1.54) is 5.56 Å². The van der Waals surface area contributed by atoms with Gasteiger partial charge in [0.25, 0.3) is 0 Å². The van der Waals surface area contributed by atoms with Crippen LogP contribution in [0, 0.1) is 0 Å². The molecule has 0 unspecified atom stereocenters. The first kappa shape index (κ1) is 13.5. The summed E-state index contributed by atoms with van der Waals surface area (Å²) < 4.78 is 0. The van der Waals surface area contributed by atoms with Crippen LogP contribution in [0.25, 0.3) is 0 Å². The molecule has 0 radical (unpaired) electrons. The predicted octanol–water partition coefficient (Wildman–Crippen LogP) is -0.285. The molecule has 0 aliphatic rings. The van der Waals surface area contributed by atoms with E-state index in [0.29, 0.717) is 6.42 Å². The van der Waals surface area contributed by atoms with Crippen LogP contribution in [0.2, 0.25) is 0 Å². The van der Waals surface area contributed by atoms with E-state index in [4.69, 9.17) is 0 Å². The van der Waals surface area contributed by atoms with E-state index < -0.39 is 0 Å². The Bertz CT molecular complexity index is 226. The van der Waals surface area contributed by atoms with Gasteiger partial charge in [0, 0.05) is 6.42 Å². The fraction of sp³-hybridized carbons (Fsp3) is 0.364. The van der Waals surface area contributed by atoms with Gasteiger partial charge < -0.3 is 6.22 Å². The van der Waals surface area contributed by atoms with Gasteiger partial charge in [-0.25, -0.2) is 0 Å². The second-order valence-electron chi connectivity index (χ2n) is 2.90. The molecule has 0 saturated carbocycles. The second kappa shape index (κ2) is 9.10. The van der Waals surface area contributed by atoms with Crippen LogP contribution in [0.15, 0.2) is 30.3 Å². The summed E-state index contributed by atoms with van der Waals surface area (Å²) in [5.41, 5.74) is 1.36. The van der Waals surface area contributed by atoms with Crippen molar-refractivity contribution in [1.29, 1.82) is 0 Å². The maximum absolute atomic E-state index is 10.0. The first-order chi connectivity index (χ1) is 5.93. The zero-order valence-electron chi connectivity index (χ0n) is 9.20. The van der Waals surface area contributed by atoms with Crippen molar-refractivity contribution >= 4 is 6.29 Å². The Labute approximate surface area is 124 Å². The largest absolute Gasteiger partial charge is 1.00 e. The predicted molar refractivity (Wildman–Crippen MR) is 51.2 cm³/mol. The zero-order valence-corrected chi connectivity index (χ0v) is 11.3. The number of rotatable bonds is 5. The van der Waals surface area contributed by atoms with Crippen molar-refractivity contribution in [2.75, 3.05) is 0 Å². The van der Waals surface area contributed by atoms with Gasteiger partial charge in [-0.05, 0) is 24.8 Å². The van der Waals surface area contributed by atoms with Gasteiger partial charge in [-0.3, -0.25) is 0 Å². The quantitative estimate of drug-likeness (QED) is 0.364. The molecule has 1 aromatic carbocycles. The Morgan fingerprint density at radius 3 is 2.46 bits per heavy atom. The van der Waals surface area contributed by atoms with E-state index in [9.17, 15) is 4.79 Å². The molecule has 1 nitrogen and oxygen atoms in total. The number of hydrogen-bond acceptors (Lipinski definition) is 1. The summed E-state index contributed by atoms with van der Waals surface area (Å²) in [7, 11) is 0. The second-order valence-corrected chi connectivity index (χ2v) is 2.90. The number of aryl methyl sites for hydroxylation is 1. The fourth-order valence-corrected chi connectivity index (χ4v) is 1.20. The van der Waals surface area contributed by atoms with Crippen molar-refractivity contribution in [2.24, 2.45) is 0 Å². The van der Waals surface area contributed by atoms with E-state index in [1.807, 2.05) is 6.07 Å². The van der Waals surface area contributed by atoms with E-state index >= 15 is 0 Å². The molecule has 0 aliphatic carbocycles. The molecule has 1 rings (SSSR count). The van der Waals surface area contributed by atoms with Gasteiger partial charge in [-0.2, -0.15) is 0 Å². The summed E-state index contributed by atoms with van der Waals surface area (Å²) in [6.45, 7) is 0.